The molecule has 118 valence electrons. The predicted molar refractivity (Wildman–Crippen MR) is 88.9 cm³/mol. The summed E-state index contributed by atoms with van der Waals surface area (Å²) in [4.78, 5) is 15.7. The molecule has 23 heavy (non-hydrogen) atoms. The van der Waals surface area contributed by atoms with E-state index < -0.39 is 0 Å². The Balaban J connectivity index is 1.74. The Morgan fingerprint density at radius 1 is 1.26 bits per heavy atom. The minimum absolute atomic E-state index is 0.186. The largest absolute Gasteiger partial charge is 0.375 e. The van der Waals surface area contributed by atoms with Crippen LogP contribution in [0.5, 0.6) is 0 Å². The van der Waals surface area contributed by atoms with Crippen molar-refractivity contribution in [2.75, 3.05) is 24.6 Å². The molecule has 0 saturated carbocycles. The summed E-state index contributed by atoms with van der Waals surface area (Å²) >= 11 is 6.10. The molecule has 0 aliphatic carbocycles. The number of fused-ring (bicyclic) bond motifs is 1. The predicted octanol–water partition coefficient (Wildman–Crippen LogP) is 2.67. The summed E-state index contributed by atoms with van der Waals surface area (Å²) in [7, 11) is 0. The Morgan fingerprint density at radius 2 is 2.17 bits per heavy atom. The lowest BCUT2D eigenvalue weighted by atomic mass is 10.3. The van der Waals surface area contributed by atoms with Crippen LogP contribution in [-0.4, -0.2) is 45.2 Å². The van der Waals surface area contributed by atoms with Crippen molar-refractivity contribution in [2.24, 2.45) is 0 Å². The zero-order valence-electron chi connectivity index (χ0n) is 12.7. The van der Waals surface area contributed by atoms with Crippen molar-refractivity contribution < 1.29 is 4.74 Å². The van der Waals surface area contributed by atoms with E-state index in [1.54, 1.807) is 12.4 Å². The lowest BCUT2D eigenvalue weighted by molar-refractivity contribution is 0.0526. The summed E-state index contributed by atoms with van der Waals surface area (Å²) in [5, 5.41) is 0.660. The SMILES string of the molecule is CC1CN(c2nccc(-c3cnc4ccc(Cl)cn34)n2)CCO1. The number of imidazole rings is 1. The molecule has 0 radical (unpaired) electrons. The molecule has 1 atom stereocenters. The number of ether oxygens (including phenoxy) is 1. The number of rotatable bonds is 2. The van der Waals surface area contributed by atoms with Gasteiger partial charge in [-0.05, 0) is 25.1 Å². The number of halogens is 1. The molecule has 1 unspecified atom stereocenters. The molecule has 4 rings (SSSR count). The van der Waals surface area contributed by atoms with Crippen LogP contribution in [0.25, 0.3) is 17.0 Å². The number of aromatic nitrogens is 4. The monoisotopic (exact) mass is 329 g/mol. The highest BCUT2D eigenvalue weighted by molar-refractivity contribution is 6.30. The second kappa shape index (κ2) is 5.79. The molecule has 1 fully saturated rings. The van der Waals surface area contributed by atoms with Gasteiger partial charge in [-0.1, -0.05) is 11.6 Å². The smallest absolute Gasteiger partial charge is 0.226 e. The molecular weight excluding hydrogens is 314 g/mol. The third-order valence-corrected chi connectivity index (χ3v) is 4.12. The number of hydrogen-bond acceptors (Lipinski definition) is 5. The first-order valence-electron chi connectivity index (χ1n) is 7.53. The van der Waals surface area contributed by atoms with Gasteiger partial charge < -0.3 is 9.64 Å². The van der Waals surface area contributed by atoms with Crippen LogP contribution in [0.2, 0.25) is 5.02 Å². The molecule has 3 aromatic rings. The van der Waals surface area contributed by atoms with Crippen LogP contribution in [-0.2, 0) is 4.74 Å². The van der Waals surface area contributed by atoms with Crippen LogP contribution in [0.4, 0.5) is 5.95 Å². The first-order valence-corrected chi connectivity index (χ1v) is 7.91. The van der Waals surface area contributed by atoms with Crippen LogP contribution in [0.3, 0.4) is 0 Å². The van der Waals surface area contributed by atoms with Gasteiger partial charge in [0.2, 0.25) is 5.95 Å². The molecule has 0 aromatic carbocycles. The second-order valence-electron chi connectivity index (χ2n) is 5.59. The van der Waals surface area contributed by atoms with Crippen molar-refractivity contribution in [2.45, 2.75) is 13.0 Å². The maximum absolute atomic E-state index is 6.10. The third kappa shape index (κ3) is 2.75. The Morgan fingerprint density at radius 3 is 3.04 bits per heavy atom. The van der Waals surface area contributed by atoms with E-state index >= 15 is 0 Å². The molecule has 7 heteroatoms. The van der Waals surface area contributed by atoms with Gasteiger partial charge >= 0.3 is 0 Å². The zero-order valence-corrected chi connectivity index (χ0v) is 13.4. The van der Waals surface area contributed by atoms with E-state index in [0.717, 1.165) is 36.1 Å². The highest BCUT2D eigenvalue weighted by Gasteiger charge is 2.19. The standard InChI is InChI=1S/C16H16ClN5O/c1-11-9-21(6-7-23-11)16-18-5-4-13(20-16)14-8-19-15-3-2-12(17)10-22(14)15/h2-5,8,10-11H,6-7,9H2,1H3. The number of nitrogens with zero attached hydrogens (tertiary/aromatic N) is 5. The van der Waals surface area contributed by atoms with E-state index in [1.165, 1.54) is 0 Å². The Hall–Kier alpha value is -2.18. The molecule has 6 nitrogen and oxygen atoms in total. The summed E-state index contributed by atoms with van der Waals surface area (Å²) in [5.41, 5.74) is 2.56. The maximum Gasteiger partial charge on any atom is 0.226 e. The molecule has 0 bridgehead atoms. The maximum atomic E-state index is 6.10. The first kappa shape index (κ1) is 14.4. The molecule has 3 aromatic heterocycles. The molecule has 0 spiro atoms. The van der Waals surface area contributed by atoms with Crippen LogP contribution < -0.4 is 4.90 Å². The summed E-state index contributed by atoms with van der Waals surface area (Å²) in [6.45, 7) is 4.34. The number of morpholine rings is 1. The Kier molecular flexibility index (Phi) is 3.63. The third-order valence-electron chi connectivity index (χ3n) is 3.90. The van der Waals surface area contributed by atoms with Gasteiger partial charge in [0.15, 0.2) is 0 Å². The van der Waals surface area contributed by atoms with Gasteiger partial charge in [0.1, 0.15) is 5.65 Å². The van der Waals surface area contributed by atoms with Crippen molar-refractivity contribution in [3.63, 3.8) is 0 Å². The Bertz CT molecular complexity index is 849. The summed E-state index contributed by atoms with van der Waals surface area (Å²) in [6, 6.07) is 5.60. The highest BCUT2D eigenvalue weighted by Crippen LogP contribution is 2.23. The summed E-state index contributed by atoms with van der Waals surface area (Å²) in [5.74, 6) is 0.717. The van der Waals surface area contributed by atoms with Gasteiger partial charge in [-0.25, -0.2) is 15.0 Å². The zero-order chi connectivity index (χ0) is 15.8. The van der Waals surface area contributed by atoms with Gasteiger partial charge in [-0.2, -0.15) is 0 Å². The molecule has 1 aliphatic heterocycles. The average molecular weight is 330 g/mol. The van der Waals surface area contributed by atoms with Crippen LogP contribution in [0, 0.1) is 0 Å². The Labute approximate surface area is 138 Å². The molecule has 0 N–H and O–H groups in total. The van der Waals surface area contributed by atoms with Crippen molar-refractivity contribution in [3.05, 3.63) is 41.8 Å². The summed E-state index contributed by atoms with van der Waals surface area (Å²) in [6.07, 6.45) is 5.62. The molecule has 4 heterocycles. The number of pyridine rings is 1. The summed E-state index contributed by atoms with van der Waals surface area (Å²) < 4.78 is 7.52. The fourth-order valence-electron chi connectivity index (χ4n) is 2.79. The van der Waals surface area contributed by atoms with E-state index in [2.05, 4.69) is 21.8 Å². The second-order valence-corrected chi connectivity index (χ2v) is 6.02. The molecule has 1 saturated heterocycles. The van der Waals surface area contributed by atoms with Crippen molar-refractivity contribution in [3.8, 4) is 11.4 Å². The van der Waals surface area contributed by atoms with E-state index in [4.69, 9.17) is 21.3 Å². The minimum atomic E-state index is 0.186. The van der Waals surface area contributed by atoms with Gasteiger partial charge in [0.05, 0.1) is 35.3 Å². The van der Waals surface area contributed by atoms with E-state index in [1.807, 2.05) is 28.8 Å². The van der Waals surface area contributed by atoms with Crippen molar-refractivity contribution in [1.82, 2.24) is 19.4 Å². The molecular formula is C16H16ClN5O. The van der Waals surface area contributed by atoms with Crippen LogP contribution >= 0.6 is 11.6 Å². The van der Waals surface area contributed by atoms with Gasteiger partial charge in [-0.3, -0.25) is 4.40 Å². The van der Waals surface area contributed by atoms with E-state index in [0.29, 0.717) is 11.6 Å². The van der Waals surface area contributed by atoms with Gasteiger partial charge in [0.25, 0.3) is 0 Å². The molecule has 1 aliphatic rings. The lowest BCUT2D eigenvalue weighted by Crippen LogP contribution is -2.42. The highest BCUT2D eigenvalue weighted by atomic mass is 35.5. The molecule has 0 amide bonds. The van der Waals surface area contributed by atoms with E-state index in [-0.39, 0.29) is 6.10 Å². The number of anilines is 1. The van der Waals surface area contributed by atoms with Crippen molar-refractivity contribution in [1.29, 1.82) is 0 Å². The topological polar surface area (TPSA) is 55.6 Å². The fourth-order valence-corrected chi connectivity index (χ4v) is 2.95. The first-order chi connectivity index (χ1) is 11.2. The fraction of sp³-hybridized carbons (Fsp3) is 0.312. The van der Waals surface area contributed by atoms with Gasteiger partial charge in [-0.15, -0.1) is 0 Å². The van der Waals surface area contributed by atoms with Crippen molar-refractivity contribution >= 4 is 23.2 Å². The minimum Gasteiger partial charge on any atom is -0.375 e. The van der Waals surface area contributed by atoms with E-state index in [9.17, 15) is 0 Å². The van der Waals surface area contributed by atoms with Gasteiger partial charge in [0, 0.05) is 25.5 Å². The average Bonchev–Trinajstić information content (AvgIpc) is 2.98. The number of hydrogen-bond donors (Lipinski definition) is 0. The normalized spacial score (nSPS) is 18.5. The quantitative estimate of drug-likeness (QED) is 0.723. The lowest BCUT2D eigenvalue weighted by Gasteiger charge is -2.31. The van der Waals surface area contributed by atoms with Crippen LogP contribution in [0.1, 0.15) is 6.92 Å². The van der Waals surface area contributed by atoms with Crippen LogP contribution in [0.15, 0.2) is 36.8 Å².